The average Bonchev–Trinajstić information content (AvgIpc) is 2.43. The second kappa shape index (κ2) is 8.40. The van der Waals surface area contributed by atoms with E-state index in [9.17, 15) is 0 Å². The van der Waals surface area contributed by atoms with E-state index in [1.165, 1.54) is 55.4 Å². The van der Waals surface area contributed by atoms with Gasteiger partial charge in [0.25, 0.3) is 0 Å². The van der Waals surface area contributed by atoms with Gasteiger partial charge in [-0.05, 0) is 69.2 Å². The number of hydrogen-bond donors (Lipinski definition) is 1. The lowest BCUT2D eigenvalue weighted by Crippen LogP contribution is -2.32. The molecule has 1 aliphatic rings. The fraction of sp³-hybridized carbons (Fsp3) is 0.600. The standard InChI is InChI=1S/C15H22Br2N2/c16-14-5-6-15(17)13(11-14)12-18-7-4-10-19-8-2-1-3-9-19/h5-6,11,18H,1-4,7-10,12H2. The summed E-state index contributed by atoms with van der Waals surface area (Å²) in [6.45, 7) is 5.87. The van der Waals surface area contributed by atoms with Crippen LogP contribution in [0, 0.1) is 0 Å². The summed E-state index contributed by atoms with van der Waals surface area (Å²) in [6.07, 6.45) is 5.44. The average molecular weight is 390 g/mol. The van der Waals surface area contributed by atoms with E-state index in [2.05, 4.69) is 60.3 Å². The predicted molar refractivity (Wildman–Crippen MR) is 88.5 cm³/mol. The lowest BCUT2D eigenvalue weighted by Gasteiger charge is -2.26. The second-order valence-electron chi connectivity index (χ2n) is 5.17. The summed E-state index contributed by atoms with van der Waals surface area (Å²) >= 11 is 7.11. The fourth-order valence-corrected chi connectivity index (χ4v) is 3.31. The molecule has 106 valence electrons. The van der Waals surface area contributed by atoms with Gasteiger partial charge in [0.2, 0.25) is 0 Å². The first kappa shape index (κ1) is 15.5. The molecule has 0 amide bonds. The Bertz CT molecular complexity index is 390. The first-order chi connectivity index (χ1) is 9.25. The minimum Gasteiger partial charge on any atom is -0.313 e. The van der Waals surface area contributed by atoms with Gasteiger partial charge in [0, 0.05) is 15.5 Å². The number of piperidine rings is 1. The summed E-state index contributed by atoms with van der Waals surface area (Å²) in [5, 5.41) is 3.53. The molecule has 1 aromatic carbocycles. The number of hydrogen-bond acceptors (Lipinski definition) is 2. The van der Waals surface area contributed by atoms with Crippen molar-refractivity contribution < 1.29 is 0 Å². The van der Waals surface area contributed by atoms with E-state index < -0.39 is 0 Å². The van der Waals surface area contributed by atoms with E-state index in [0.717, 1.165) is 17.6 Å². The van der Waals surface area contributed by atoms with Crippen LogP contribution in [0.4, 0.5) is 0 Å². The predicted octanol–water partition coefficient (Wildman–Crippen LogP) is 4.18. The monoisotopic (exact) mass is 388 g/mol. The Labute approximate surface area is 133 Å². The van der Waals surface area contributed by atoms with Crippen molar-refractivity contribution in [2.24, 2.45) is 0 Å². The first-order valence-corrected chi connectivity index (χ1v) is 8.71. The van der Waals surface area contributed by atoms with E-state index in [0.29, 0.717) is 0 Å². The van der Waals surface area contributed by atoms with Crippen LogP contribution in [-0.4, -0.2) is 31.1 Å². The molecule has 1 fully saturated rings. The number of nitrogens with zero attached hydrogens (tertiary/aromatic N) is 1. The van der Waals surface area contributed by atoms with Crippen LogP contribution in [0.15, 0.2) is 27.1 Å². The number of likely N-dealkylation sites (tertiary alicyclic amines) is 1. The van der Waals surface area contributed by atoms with Crippen LogP contribution in [0.2, 0.25) is 0 Å². The molecule has 0 saturated carbocycles. The van der Waals surface area contributed by atoms with Gasteiger partial charge in [-0.15, -0.1) is 0 Å². The molecule has 0 bridgehead atoms. The number of rotatable bonds is 6. The molecule has 1 saturated heterocycles. The maximum Gasteiger partial charge on any atom is 0.0221 e. The maximum atomic E-state index is 3.59. The van der Waals surface area contributed by atoms with Crippen molar-refractivity contribution >= 4 is 31.9 Å². The summed E-state index contributed by atoms with van der Waals surface area (Å²) in [4.78, 5) is 2.60. The Kier molecular flexibility index (Phi) is 6.85. The molecule has 4 heteroatoms. The quantitative estimate of drug-likeness (QED) is 0.734. The Balaban J connectivity index is 1.62. The molecule has 0 aromatic heterocycles. The molecule has 0 radical (unpaired) electrons. The SMILES string of the molecule is Brc1ccc(Br)c(CNCCCN2CCCCC2)c1. The highest BCUT2D eigenvalue weighted by atomic mass is 79.9. The van der Waals surface area contributed by atoms with Gasteiger partial charge in [0.1, 0.15) is 0 Å². The van der Waals surface area contributed by atoms with Crippen LogP contribution in [0.1, 0.15) is 31.2 Å². The van der Waals surface area contributed by atoms with E-state index in [1.54, 1.807) is 0 Å². The van der Waals surface area contributed by atoms with Gasteiger partial charge in [-0.2, -0.15) is 0 Å². The zero-order valence-corrected chi connectivity index (χ0v) is 14.5. The lowest BCUT2D eigenvalue weighted by atomic mass is 10.1. The zero-order valence-electron chi connectivity index (χ0n) is 11.3. The van der Waals surface area contributed by atoms with Gasteiger partial charge < -0.3 is 10.2 Å². The van der Waals surface area contributed by atoms with Crippen LogP contribution < -0.4 is 5.32 Å². The molecule has 1 N–H and O–H groups in total. The molecule has 0 unspecified atom stereocenters. The third kappa shape index (κ3) is 5.54. The van der Waals surface area contributed by atoms with Gasteiger partial charge in [0.15, 0.2) is 0 Å². The summed E-state index contributed by atoms with van der Waals surface area (Å²) in [7, 11) is 0. The molecule has 0 spiro atoms. The molecular weight excluding hydrogens is 368 g/mol. The fourth-order valence-electron chi connectivity index (χ4n) is 2.51. The lowest BCUT2D eigenvalue weighted by molar-refractivity contribution is 0.225. The highest BCUT2D eigenvalue weighted by molar-refractivity contribution is 9.11. The number of benzene rings is 1. The van der Waals surface area contributed by atoms with Crippen LogP contribution in [-0.2, 0) is 6.54 Å². The minimum absolute atomic E-state index is 0.931. The smallest absolute Gasteiger partial charge is 0.0221 e. The van der Waals surface area contributed by atoms with Crippen molar-refractivity contribution in [3.05, 3.63) is 32.7 Å². The first-order valence-electron chi connectivity index (χ1n) is 7.13. The zero-order chi connectivity index (χ0) is 13.5. The van der Waals surface area contributed by atoms with Crippen LogP contribution >= 0.6 is 31.9 Å². The highest BCUT2D eigenvalue weighted by Crippen LogP contribution is 2.21. The largest absolute Gasteiger partial charge is 0.313 e. The van der Waals surface area contributed by atoms with E-state index >= 15 is 0 Å². The molecule has 2 rings (SSSR count). The third-order valence-electron chi connectivity index (χ3n) is 3.60. The molecule has 1 aliphatic heterocycles. The van der Waals surface area contributed by atoms with Gasteiger partial charge >= 0.3 is 0 Å². The van der Waals surface area contributed by atoms with E-state index in [-0.39, 0.29) is 0 Å². The topological polar surface area (TPSA) is 15.3 Å². The summed E-state index contributed by atoms with van der Waals surface area (Å²) < 4.78 is 2.32. The third-order valence-corrected chi connectivity index (χ3v) is 4.87. The minimum atomic E-state index is 0.931. The van der Waals surface area contributed by atoms with Crippen molar-refractivity contribution in [1.29, 1.82) is 0 Å². The molecule has 19 heavy (non-hydrogen) atoms. The molecule has 2 nitrogen and oxygen atoms in total. The van der Waals surface area contributed by atoms with Crippen molar-refractivity contribution in [2.45, 2.75) is 32.2 Å². The molecule has 1 aromatic rings. The van der Waals surface area contributed by atoms with Crippen molar-refractivity contribution in [2.75, 3.05) is 26.2 Å². The van der Waals surface area contributed by atoms with Gasteiger partial charge in [-0.3, -0.25) is 0 Å². The van der Waals surface area contributed by atoms with Crippen molar-refractivity contribution in [3.63, 3.8) is 0 Å². The number of halogens is 2. The Morgan fingerprint density at radius 2 is 1.89 bits per heavy atom. The highest BCUT2D eigenvalue weighted by Gasteiger charge is 2.08. The molecule has 1 heterocycles. The van der Waals surface area contributed by atoms with Gasteiger partial charge in [-0.25, -0.2) is 0 Å². The van der Waals surface area contributed by atoms with Crippen LogP contribution in [0.5, 0.6) is 0 Å². The normalized spacial score (nSPS) is 16.7. The second-order valence-corrected chi connectivity index (χ2v) is 6.94. The van der Waals surface area contributed by atoms with Gasteiger partial charge in [-0.1, -0.05) is 38.3 Å². The van der Waals surface area contributed by atoms with E-state index in [4.69, 9.17) is 0 Å². The summed E-state index contributed by atoms with van der Waals surface area (Å²) in [6, 6.07) is 6.32. The van der Waals surface area contributed by atoms with E-state index in [1.807, 2.05) is 0 Å². The Morgan fingerprint density at radius 1 is 1.11 bits per heavy atom. The maximum absolute atomic E-state index is 3.59. The molecule has 0 aliphatic carbocycles. The van der Waals surface area contributed by atoms with Gasteiger partial charge in [0.05, 0.1) is 0 Å². The summed E-state index contributed by atoms with van der Waals surface area (Å²) in [5.41, 5.74) is 1.31. The van der Waals surface area contributed by atoms with Crippen LogP contribution in [0.25, 0.3) is 0 Å². The molecular formula is C15H22Br2N2. The van der Waals surface area contributed by atoms with Crippen molar-refractivity contribution in [1.82, 2.24) is 10.2 Å². The Hall–Kier alpha value is 0.1000. The summed E-state index contributed by atoms with van der Waals surface area (Å²) in [5.74, 6) is 0. The Morgan fingerprint density at radius 3 is 2.68 bits per heavy atom. The van der Waals surface area contributed by atoms with Crippen molar-refractivity contribution in [3.8, 4) is 0 Å². The number of nitrogens with one attached hydrogen (secondary N) is 1. The van der Waals surface area contributed by atoms with Crippen LogP contribution in [0.3, 0.4) is 0 Å². The molecule has 0 atom stereocenters.